The second-order valence-electron chi connectivity index (χ2n) is 8.00. The lowest BCUT2D eigenvalue weighted by atomic mass is 9.80. The molecule has 0 fully saturated rings. The summed E-state index contributed by atoms with van der Waals surface area (Å²) in [7, 11) is 0. The Bertz CT molecular complexity index is 1210. The van der Waals surface area contributed by atoms with E-state index in [1.165, 1.54) is 0 Å². The van der Waals surface area contributed by atoms with Crippen LogP contribution in [0.4, 0.5) is 17.1 Å². The Labute approximate surface area is 195 Å². The summed E-state index contributed by atoms with van der Waals surface area (Å²) in [5, 5.41) is 12.1. The minimum atomic E-state index is -1.24. The van der Waals surface area contributed by atoms with E-state index in [-0.39, 0.29) is 0 Å². The molecule has 0 aromatic heterocycles. The van der Waals surface area contributed by atoms with Gasteiger partial charge in [-0.15, -0.1) is 0 Å². The van der Waals surface area contributed by atoms with E-state index < -0.39 is 5.60 Å². The van der Waals surface area contributed by atoms with Gasteiger partial charge in [0.15, 0.2) is 0 Å². The molecule has 0 heterocycles. The van der Waals surface area contributed by atoms with Crippen LogP contribution in [0.1, 0.15) is 16.7 Å². The summed E-state index contributed by atoms with van der Waals surface area (Å²) in [6, 6.07) is 48.5. The number of aliphatic hydroxyl groups is 1. The lowest BCUT2D eigenvalue weighted by molar-refractivity contribution is 0.126. The van der Waals surface area contributed by atoms with E-state index in [2.05, 4.69) is 41.3 Å². The van der Waals surface area contributed by atoms with Gasteiger partial charge in [0.2, 0.25) is 0 Å². The van der Waals surface area contributed by atoms with Gasteiger partial charge in [0.05, 0.1) is 0 Å². The van der Waals surface area contributed by atoms with Gasteiger partial charge < -0.3 is 10.0 Å². The van der Waals surface area contributed by atoms with Crippen LogP contribution in [0.15, 0.2) is 146 Å². The third kappa shape index (κ3) is 4.05. The first-order valence-electron chi connectivity index (χ1n) is 11.1. The van der Waals surface area contributed by atoms with Gasteiger partial charge in [0.1, 0.15) is 5.60 Å². The first-order valence-corrected chi connectivity index (χ1v) is 11.1. The van der Waals surface area contributed by atoms with Gasteiger partial charge in [-0.1, -0.05) is 109 Å². The van der Waals surface area contributed by atoms with Crippen LogP contribution in [-0.2, 0) is 5.60 Å². The second-order valence-corrected chi connectivity index (χ2v) is 8.00. The molecule has 0 aliphatic heterocycles. The number of hydrogen-bond acceptors (Lipinski definition) is 2. The second kappa shape index (κ2) is 9.15. The Morgan fingerprint density at radius 1 is 0.364 bits per heavy atom. The fraction of sp³-hybridized carbons (Fsp3) is 0.0323. The normalized spacial score (nSPS) is 11.2. The molecule has 0 atom stereocenters. The average Bonchev–Trinajstić information content (AvgIpc) is 2.91. The Balaban J connectivity index is 1.61. The highest BCUT2D eigenvalue weighted by Gasteiger charge is 2.33. The lowest BCUT2D eigenvalue weighted by Gasteiger charge is -2.31. The van der Waals surface area contributed by atoms with E-state index in [4.69, 9.17) is 0 Å². The standard InChI is InChI=1S/C31H25NO/c33-31(25-13-5-1-6-14-25,26-15-7-2-8-16-26)27-21-23-30(24-22-27)32(28-17-9-3-10-18-28)29-19-11-4-12-20-29/h1-24,33H. The van der Waals surface area contributed by atoms with Crippen LogP contribution in [0.3, 0.4) is 0 Å². The molecule has 2 nitrogen and oxygen atoms in total. The first-order chi connectivity index (χ1) is 16.3. The van der Waals surface area contributed by atoms with Crippen molar-refractivity contribution < 1.29 is 5.11 Å². The van der Waals surface area contributed by atoms with Crippen molar-refractivity contribution >= 4 is 17.1 Å². The van der Waals surface area contributed by atoms with Crippen molar-refractivity contribution in [2.45, 2.75) is 5.60 Å². The zero-order chi connectivity index (χ0) is 22.5. The highest BCUT2D eigenvalue weighted by Crippen LogP contribution is 2.39. The molecular weight excluding hydrogens is 402 g/mol. The molecule has 5 aromatic carbocycles. The molecule has 0 spiro atoms. The molecule has 5 aromatic rings. The smallest absolute Gasteiger partial charge is 0.140 e. The molecule has 1 N–H and O–H groups in total. The van der Waals surface area contributed by atoms with E-state index in [1.54, 1.807) is 0 Å². The highest BCUT2D eigenvalue weighted by molar-refractivity contribution is 5.76. The summed E-state index contributed by atoms with van der Waals surface area (Å²) >= 11 is 0. The van der Waals surface area contributed by atoms with Crippen molar-refractivity contribution in [1.82, 2.24) is 0 Å². The first kappa shape index (κ1) is 20.7. The van der Waals surface area contributed by atoms with Crippen LogP contribution < -0.4 is 4.90 Å². The van der Waals surface area contributed by atoms with Gasteiger partial charge in [0, 0.05) is 17.1 Å². The molecule has 5 rings (SSSR count). The zero-order valence-corrected chi connectivity index (χ0v) is 18.3. The topological polar surface area (TPSA) is 23.5 Å². The van der Waals surface area contributed by atoms with Crippen molar-refractivity contribution in [2.75, 3.05) is 4.90 Å². The molecule has 2 heteroatoms. The molecule has 160 valence electrons. The molecule has 33 heavy (non-hydrogen) atoms. The largest absolute Gasteiger partial charge is 0.376 e. The molecular formula is C31H25NO. The molecule has 0 saturated carbocycles. The van der Waals surface area contributed by atoms with Crippen LogP contribution in [-0.4, -0.2) is 5.11 Å². The number of benzene rings is 5. The zero-order valence-electron chi connectivity index (χ0n) is 18.3. The van der Waals surface area contributed by atoms with E-state index in [1.807, 2.05) is 109 Å². The predicted octanol–water partition coefficient (Wildman–Crippen LogP) is 7.44. The molecule has 0 aliphatic rings. The summed E-state index contributed by atoms with van der Waals surface area (Å²) < 4.78 is 0. The number of para-hydroxylation sites is 2. The Morgan fingerprint density at radius 2 is 0.667 bits per heavy atom. The third-order valence-corrected chi connectivity index (χ3v) is 5.96. The molecule has 0 aliphatic carbocycles. The van der Waals surface area contributed by atoms with E-state index in [0.29, 0.717) is 0 Å². The number of anilines is 3. The Hall–Kier alpha value is -4.14. The summed E-state index contributed by atoms with van der Waals surface area (Å²) in [5.41, 5.74) is 4.45. The van der Waals surface area contributed by atoms with Gasteiger partial charge in [-0.3, -0.25) is 0 Å². The summed E-state index contributed by atoms with van der Waals surface area (Å²) in [5.74, 6) is 0. The van der Waals surface area contributed by atoms with Crippen LogP contribution in [0.2, 0.25) is 0 Å². The van der Waals surface area contributed by atoms with E-state index in [9.17, 15) is 5.11 Å². The maximum absolute atomic E-state index is 12.1. The SMILES string of the molecule is OC(c1ccccc1)(c1ccccc1)c1ccc(N(c2ccccc2)c2ccccc2)cc1. The number of hydrogen-bond donors (Lipinski definition) is 1. The Morgan fingerprint density at radius 3 is 1.06 bits per heavy atom. The van der Waals surface area contributed by atoms with Gasteiger partial charge in [-0.05, 0) is 53.1 Å². The average molecular weight is 428 g/mol. The van der Waals surface area contributed by atoms with E-state index in [0.717, 1.165) is 33.8 Å². The molecule has 0 unspecified atom stereocenters. The lowest BCUT2D eigenvalue weighted by Crippen LogP contribution is -2.28. The van der Waals surface area contributed by atoms with E-state index >= 15 is 0 Å². The molecule has 0 bridgehead atoms. The van der Waals surface area contributed by atoms with Gasteiger partial charge >= 0.3 is 0 Å². The maximum atomic E-state index is 12.1. The van der Waals surface area contributed by atoms with Crippen molar-refractivity contribution in [2.24, 2.45) is 0 Å². The maximum Gasteiger partial charge on any atom is 0.140 e. The highest BCUT2D eigenvalue weighted by atomic mass is 16.3. The molecule has 0 saturated heterocycles. The Kier molecular flexibility index (Phi) is 5.75. The van der Waals surface area contributed by atoms with Crippen LogP contribution in [0.5, 0.6) is 0 Å². The van der Waals surface area contributed by atoms with Gasteiger partial charge in [0.25, 0.3) is 0 Å². The van der Waals surface area contributed by atoms with Crippen LogP contribution in [0.25, 0.3) is 0 Å². The molecule has 0 radical (unpaired) electrons. The van der Waals surface area contributed by atoms with Crippen molar-refractivity contribution in [1.29, 1.82) is 0 Å². The fourth-order valence-electron chi connectivity index (χ4n) is 4.31. The summed E-state index contributed by atoms with van der Waals surface area (Å²) in [6.45, 7) is 0. The fourth-order valence-corrected chi connectivity index (χ4v) is 4.31. The van der Waals surface area contributed by atoms with Crippen LogP contribution >= 0.6 is 0 Å². The molecule has 0 amide bonds. The monoisotopic (exact) mass is 427 g/mol. The van der Waals surface area contributed by atoms with Crippen LogP contribution in [0, 0.1) is 0 Å². The van der Waals surface area contributed by atoms with Crippen molar-refractivity contribution in [3.63, 3.8) is 0 Å². The summed E-state index contributed by atoms with van der Waals surface area (Å²) in [4.78, 5) is 2.22. The van der Waals surface area contributed by atoms with Crippen molar-refractivity contribution in [3.05, 3.63) is 162 Å². The number of nitrogens with zero attached hydrogens (tertiary/aromatic N) is 1. The predicted molar refractivity (Wildman–Crippen MR) is 136 cm³/mol. The third-order valence-electron chi connectivity index (χ3n) is 5.96. The summed E-state index contributed by atoms with van der Waals surface area (Å²) in [6.07, 6.45) is 0. The number of rotatable bonds is 6. The van der Waals surface area contributed by atoms with Gasteiger partial charge in [-0.25, -0.2) is 0 Å². The van der Waals surface area contributed by atoms with Gasteiger partial charge in [-0.2, -0.15) is 0 Å². The minimum absolute atomic E-state index is 0.824. The minimum Gasteiger partial charge on any atom is -0.376 e. The van der Waals surface area contributed by atoms with Crippen molar-refractivity contribution in [3.8, 4) is 0 Å². The quantitative estimate of drug-likeness (QED) is 0.285.